The lowest BCUT2D eigenvalue weighted by Gasteiger charge is -2.08. The van der Waals surface area contributed by atoms with Gasteiger partial charge in [0.2, 0.25) is 5.91 Å². The van der Waals surface area contributed by atoms with Gasteiger partial charge >= 0.3 is 0 Å². The predicted octanol–water partition coefficient (Wildman–Crippen LogP) is 2.18. The Kier molecular flexibility index (Phi) is 4.31. The molecular weight excluding hydrogens is 226 g/mol. The Labute approximate surface area is 99.5 Å². The zero-order chi connectivity index (χ0) is 12.1. The fraction of sp³-hybridized carbons (Fsp3) is 0.273. The van der Waals surface area contributed by atoms with Crippen LogP contribution in [0, 0.1) is 6.92 Å². The van der Waals surface area contributed by atoms with E-state index < -0.39 is 0 Å². The summed E-state index contributed by atoms with van der Waals surface area (Å²) in [5, 5.41) is 2.72. The first-order valence-electron chi connectivity index (χ1n) is 4.80. The van der Waals surface area contributed by atoms with E-state index in [9.17, 15) is 4.79 Å². The number of nitrogens with zero attached hydrogens (tertiary/aromatic N) is 1. The molecule has 0 fully saturated rings. The molecule has 0 spiro atoms. The molecule has 0 unspecified atom stereocenters. The number of nitrogens with two attached hydrogens (primary N) is 1. The molecular formula is C11H14ClN3O. The van der Waals surface area contributed by atoms with Gasteiger partial charge in [-0.15, -0.1) is 11.6 Å². The van der Waals surface area contributed by atoms with Gasteiger partial charge in [-0.05, 0) is 24.6 Å². The summed E-state index contributed by atoms with van der Waals surface area (Å²) in [5.41, 5.74) is 7.87. The number of anilines is 1. The van der Waals surface area contributed by atoms with Gasteiger partial charge < -0.3 is 11.1 Å². The van der Waals surface area contributed by atoms with Crippen LogP contribution in [0.3, 0.4) is 0 Å². The minimum Gasteiger partial charge on any atom is -0.386 e. The van der Waals surface area contributed by atoms with Crippen molar-refractivity contribution in [2.75, 3.05) is 11.2 Å². The van der Waals surface area contributed by atoms with Gasteiger partial charge in [-0.3, -0.25) is 4.79 Å². The normalized spacial score (nSPS) is 11.3. The summed E-state index contributed by atoms with van der Waals surface area (Å²) in [6, 6.07) is 5.44. The van der Waals surface area contributed by atoms with Crippen molar-refractivity contribution >= 4 is 34.7 Å². The number of hydrogen-bond acceptors (Lipinski definition) is 2. The standard InChI is InChI=1S/C11H14ClN3O/c1-7-9(14-8(2)16)4-3-5-10(7)15-11(13)6-12/h3-5H,6H2,1-2H3,(H2,13,15)(H,14,16). The molecule has 0 saturated heterocycles. The molecule has 0 aliphatic carbocycles. The topological polar surface area (TPSA) is 67.5 Å². The molecule has 0 aliphatic heterocycles. The lowest BCUT2D eigenvalue weighted by molar-refractivity contribution is -0.114. The molecule has 1 rings (SSSR count). The van der Waals surface area contributed by atoms with Crippen molar-refractivity contribution in [2.24, 2.45) is 10.7 Å². The lowest BCUT2D eigenvalue weighted by Crippen LogP contribution is -2.12. The Morgan fingerprint density at radius 3 is 2.81 bits per heavy atom. The Morgan fingerprint density at radius 1 is 1.56 bits per heavy atom. The van der Waals surface area contributed by atoms with E-state index >= 15 is 0 Å². The minimum absolute atomic E-state index is 0.116. The number of nitrogens with one attached hydrogen (secondary N) is 1. The van der Waals surface area contributed by atoms with E-state index in [1.807, 2.05) is 19.1 Å². The van der Waals surface area contributed by atoms with E-state index in [1.54, 1.807) is 6.07 Å². The monoisotopic (exact) mass is 239 g/mol. The summed E-state index contributed by atoms with van der Waals surface area (Å²) in [6.45, 7) is 3.33. The van der Waals surface area contributed by atoms with Crippen LogP contribution < -0.4 is 11.1 Å². The van der Waals surface area contributed by atoms with E-state index in [4.69, 9.17) is 17.3 Å². The fourth-order valence-corrected chi connectivity index (χ4v) is 1.31. The van der Waals surface area contributed by atoms with Crippen LogP contribution in [0.15, 0.2) is 23.2 Å². The summed E-state index contributed by atoms with van der Waals surface area (Å²) >= 11 is 5.55. The largest absolute Gasteiger partial charge is 0.386 e. The maximum Gasteiger partial charge on any atom is 0.221 e. The third kappa shape index (κ3) is 3.24. The number of hydrogen-bond donors (Lipinski definition) is 2. The number of halogens is 1. The van der Waals surface area contributed by atoms with Gasteiger partial charge in [-0.1, -0.05) is 6.07 Å². The molecule has 0 saturated carbocycles. The molecule has 1 amide bonds. The van der Waals surface area contributed by atoms with Gasteiger partial charge in [-0.2, -0.15) is 0 Å². The Morgan fingerprint density at radius 2 is 2.25 bits per heavy atom. The number of carbonyl (C=O) groups is 1. The molecule has 16 heavy (non-hydrogen) atoms. The Hall–Kier alpha value is -1.55. The highest BCUT2D eigenvalue weighted by Crippen LogP contribution is 2.25. The second kappa shape index (κ2) is 5.51. The van der Waals surface area contributed by atoms with Gasteiger partial charge in [0.15, 0.2) is 0 Å². The highest BCUT2D eigenvalue weighted by molar-refractivity contribution is 6.28. The summed E-state index contributed by atoms with van der Waals surface area (Å²) in [7, 11) is 0. The molecule has 0 atom stereocenters. The van der Waals surface area contributed by atoms with Crippen LogP contribution in [-0.4, -0.2) is 17.6 Å². The smallest absolute Gasteiger partial charge is 0.221 e. The molecule has 1 aromatic rings. The van der Waals surface area contributed by atoms with Crippen LogP contribution in [0.2, 0.25) is 0 Å². The van der Waals surface area contributed by atoms with Gasteiger partial charge in [0.05, 0.1) is 11.6 Å². The number of carbonyl (C=O) groups excluding carboxylic acids is 1. The van der Waals surface area contributed by atoms with Crippen molar-refractivity contribution < 1.29 is 4.79 Å². The molecule has 86 valence electrons. The first-order chi connectivity index (χ1) is 7.54. The highest BCUT2D eigenvalue weighted by Gasteiger charge is 2.04. The molecule has 0 aromatic heterocycles. The molecule has 3 N–H and O–H groups in total. The number of benzene rings is 1. The van der Waals surface area contributed by atoms with Crippen LogP contribution in [-0.2, 0) is 4.79 Å². The number of amidine groups is 1. The summed E-state index contributed by atoms with van der Waals surface area (Å²) < 4.78 is 0. The van der Waals surface area contributed by atoms with Gasteiger partial charge in [0.1, 0.15) is 5.84 Å². The van der Waals surface area contributed by atoms with Crippen LogP contribution in [0.1, 0.15) is 12.5 Å². The second-order valence-corrected chi connectivity index (χ2v) is 3.63. The van der Waals surface area contributed by atoms with Crippen molar-refractivity contribution in [1.29, 1.82) is 0 Å². The number of aliphatic imine (C=N–C) groups is 1. The average Bonchev–Trinajstić information content (AvgIpc) is 2.23. The fourth-order valence-electron chi connectivity index (χ4n) is 1.25. The highest BCUT2D eigenvalue weighted by atomic mass is 35.5. The maximum absolute atomic E-state index is 11.0. The van der Waals surface area contributed by atoms with E-state index in [0.29, 0.717) is 11.5 Å². The Balaban J connectivity index is 3.08. The summed E-state index contributed by atoms with van der Waals surface area (Å²) in [6.07, 6.45) is 0. The molecule has 5 heteroatoms. The lowest BCUT2D eigenvalue weighted by atomic mass is 10.1. The van der Waals surface area contributed by atoms with Crippen molar-refractivity contribution in [3.8, 4) is 0 Å². The van der Waals surface area contributed by atoms with Crippen molar-refractivity contribution in [3.63, 3.8) is 0 Å². The average molecular weight is 240 g/mol. The zero-order valence-electron chi connectivity index (χ0n) is 9.25. The van der Waals surface area contributed by atoms with Crippen LogP contribution in [0.4, 0.5) is 11.4 Å². The van der Waals surface area contributed by atoms with Crippen LogP contribution >= 0.6 is 11.6 Å². The third-order valence-corrected chi connectivity index (χ3v) is 2.29. The van der Waals surface area contributed by atoms with Crippen molar-refractivity contribution in [3.05, 3.63) is 23.8 Å². The van der Waals surface area contributed by atoms with E-state index in [1.165, 1.54) is 6.92 Å². The maximum atomic E-state index is 11.0. The van der Waals surface area contributed by atoms with Gasteiger partial charge in [-0.25, -0.2) is 4.99 Å². The summed E-state index contributed by atoms with van der Waals surface area (Å²) in [5.74, 6) is 0.420. The second-order valence-electron chi connectivity index (χ2n) is 3.37. The quantitative estimate of drug-likeness (QED) is 0.482. The first kappa shape index (κ1) is 12.5. The van der Waals surface area contributed by atoms with E-state index in [-0.39, 0.29) is 11.8 Å². The first-order valence-corrected chi connectivity index (χ1v) is 5.34. The molecule has 0 bridgehead atoms. The predicted molar refractivity (Wildman–Crippen MR) is 67.5 cm³/mol. The number of rotatable bonds is 3. The molecule has 0 heterocycles. The Bertz CT molecular complexity index is 429. The van der Waals surface area contributed by atoms with Gasteiger partial charge in [0, 0.05) is 12.6 Å². The minimum atomic E-state index is -0.116. The zero-order valence-corrected chi connectivity index (χ0v) is 10.0. The van der Waals surface area contributed by atoms with Crippen LogP contribution in [0.25, 0.3) is 0 Å². The molecule has 4 nitrogen and oxygen atoms in total. The van der Waals surface area contributed by atoms with Crippen molar-refractivity contribution in [2.45, 2.75) is 13.8 Å². The molecule has 1 aromatic carbocycles. The number of alkyl halides is 1. The van der Waals surface area contributed by atoms with Crippen molar-refractivity contribution in [1.82, 2.24) is 0 Å². The molecule has 0 aliphatic rings. The van der Waals surface area contributed by atoms with E-state index in [0.717, 1.165) is 11.3 Å². The molecule has 0 radical (unpaired) electrons. The van der Waals surface area contributed by atoms with E-state index in [2.05, 4.69) is 10.3 Å². The van der Waals surface area contributed by atoms with Gasteiger partial charge in [0.25, 0.3) is 0 Å². The SMILES string of the molecule is CC(=O)Nc1cccc(N=C(N)CCl)c1C. The van der Waals surface area contributed by atoms with Crippen LogP contribution in [0.5, 0.6) is 0 Å². The number of amides is 1. The third-order valence-electron chi connectivity index (χ3n) is 2.02. The summed E-state index contributed by atoms with van der Waals surface area (Å²) in [4.78, 5) is 15.1.